The average Bonchev–Trinajstić information content (AvgIpc) is 2.97. The molecule has 0 N–H and O–H groups in total. The Balaban J connectivity index is 1.70. The van der Waals surface area contributed by atoms with Gasteiger partial charge in [0, 0.05) is 18.0 Å². The molecule has 1 aromatic heterocycles. The molecule has 4 rings (SSSR count). The SMILES string of the molecule is C(#CC1CCCCC1)c1nnn2c1-c1ccccc1CC2. The molecule has 2 aliphatic rings. The van der Waals surface area contributed by atoms with E-state index in [1.54, 1.807) is 0 Å². The lowest BCUT2D eigenvalue weighted by atomic mass is 9.89. The van der Waals surface area contributed by atoms with Gasteiger partial charge in [-0.15, -0.1) is 5.10 Å². The Kier molecular flexibility index (Phi) is 3.23. The van der Waals surface area contributed by atoms with Gasteiger partial charge in [0.1, 0.15) is 5.69 Å². The largest absolute Gasteiger partial charge is 0.243 e. The van der Waals surface area contributed by atoms with Crippen LogP contribution in [0.1, 0.15) is 43.4 Å². The van der Waals surface area contributed by atoms with Crippen molar-refractivity contribution >= 4 is 0 Å². The van der Waals surface area contributed by atoms with Gasteiger partial charge in [0.15, 0.2) is 5.69 Å². The van der Waals surface area contributed by atoms with Crippen LogP contribution in [0, 0.1) is 17.8 Å². The van der Waals surface area contributed by atoms with Crippen LogP contribution < -0.4 is 0 Å². The van der Waals surface area contributed by atoms with Crippen molar-refractivity contribution in [3.05, 3.63) is 35.5 Å². The zero-order chi connectivity index (χ0) is 14.1. The quantitative estimate of drug-likeness (QED) is 0.691. The van der Waals surface area contributed by atoms with Crippen LogP contribution in [0.15, 0.2) is 24.3 Å². The maximum Gasteiger partial charge on any atom is 0.163 e. The monoisotopic (exact) mass is 277 g/mol. The summed E-state index contributed by atoms with van der Waals surface area (Å²) in [4.78, 5) is 0. The second-order valence-electron chi connectivity index (χ2n) is 6.02. The highest BCUT2D eigenvalue weighted by molar-refractivity contribution is 5.70. The van der Waals surface area contributed by atoms with E-state index in [4.69, 9.17) is 0 Å². The number of hydrogen-bond acceptors (Lipinski definition) is 2. The lowest BCUT2D eigenvalue weighted by Crippen LogP contribution is -2.12. The van der Waals surface area contributed by atoms with Crippen molar-refractivity contribution in [3.63, 3.8) is 0 Å². The lowest BCUT2D eigenvalue weighted by Gasteiger charge is -2.17. The van der Waals surface area contributed by atoms with Crippen LogP contribution in [0.25, 0.3) is 11.3 Å². The van der Waals surface area contributed by atoms with Crippen molar-refractivity contribution in [2.75, 3.05) is 0 Å². The summed E-state index contributed by atoms with van der Waals surface area (Å²) in [7, 11) is 0. The molecule has 2 aromatic rings. The fourth-order valence-electron chi connectivity index (χ4n) is 3.43. The summed E-state index contributed by atoms with van der Waals surface area (Å²) in [5, 5.41) is 8.60. The number of fused-ring (bicyclic) bond motifs is 3. The fraction of sp³-hybridized carbons (Fsp3) is 0.444. The minimum absolute atomic E-state index is 0.551. The summed E-state index contributed by atoms with van der Waals surface area (Å²) in [5.74, 6) is 7.31. The maximum atomic E-state index is 4.32. The molecule has 3 heteroatoms. The standard InChI is InChI=1S/C18H19N3/c1-2-6-14(7-3-1)10-11-17-18-16-9-5-4-8-15(16)12-13-21(18)20-19-17/h4-5,8-9,14H,1-3,6-7,12-13H2. The van der Waals surface area contributed by atoms with Crippen molar-refractivity contribution in [2.24, 2.45) is 5.92 Å². The summed E-state index contributed by atoms with van der Waals surface area (Å²) in [5.41, 5.74) is 4.60. The first-order valence-electron chi connectivity index (χ1n) is 7.95. The van der Waals surface area contributed by atoms with Crippen molar-refractivity contribution in [2.45, 2.75) is 45.1 Å². The van der Waals surface area contributed by atoms with E-state index in [9.17, 15) is 0 Å². The third kappa shape index (κ3) is 2.35. The Labute approximate surface area is 125 Å². The first-order chi connectivity index (χ1) is 10.4. The molecule has 1 aliphatic carbocycles. The fourth-order valence-corrected chi connectivity index (χ4v) is 3.43. The minimum atomic E-state index is 0.551. The average molecular weight is 277 g/mol. The minimum Gasteiger partial charge on any atom is -0.243 e. The van der Waals surface area contributed by atoms with E-state index in [1.807, 2.05) is 4.68 Å². The van der Waals surface area contributed by atoms with E-state index in [0.29, 0.717) is 5.92 Å². The summed E-state index contributed by atoms with van der Waals surface area (Å²) in [6, 6.07) is 8.55. The molecule has 3 nitrogen and oxygen atoms in total. The maximum absolute atomic E-state index is 4.32. The van der Waals surface area contributed by atoms with Crippen molar-refractivity contribution in [1.29, 1.82) is 0 Å². The molecule has 1 saturated carbocycles. The second-order valence-corrected chi connectivity index (χ2v) is 6.02. The number of aromatic nitrogens is 3. The number of nitrogens with zero attached hydrogens (tertiary/aromatic N) is 3. The van der Waals surface area contributed by atoms with Gasteiger partial charge in [0.25, 0.3) is 0 Å². The highest BCUT2D eigenvalue weighted by atomic mass is 15.4. The van der Waals surface area contributed by atoms with Gasteiger partial charge in [-0.25, -0.2) is 4.68 Å². The highest BCUT2D eigenvalue weighted by Crippen LogP contribution is 2.30. The molecular formula is C18H19N3. The number of hydrogen-bond donors (Lipinski definition) is 0. The van der Waals surface area contributed by atoms with E-state index >= 15 is 0 Å². The third-order valence-electron chi connectivity index (χ3n) is 4.60. The molecule has 1 aliphatic heterocycles. The number of benzene rings is 1. The third-order valence-corrected chi connectivity index (χ3v) is 4.60. The molecule has 0 amide bonds. The van der Waals surface area contributed by atoms with Gasteiger partial charge in [-0.1, -0.05) is 54.7 Å². The number of rotatable bonds is 0. The van der Waals surface area contributed by atoms with Crippen LogP contribution in [-0.2, 0) is 13.0 Å². The van der Waals surface area contributed by atoms with E-state index in [-0.39, 0.29) is 0 Å². The van der Waals surface area contributed by atoms with Crippen LogP contribution in [-0.4, -0.2) is 15.0 Å². The molecule has 1 fully saturated rings. The Morgan fingerprint density at radius 1 is 1.10 bits per heavy atom. The van der Waals surface area contributed by atoms with Crippen LogP contribution >= 0.6 is 0 Å². The summed E-state index contributed by atoms with van der Waals surface area (Å²) in [6.07, 6.45) is 7.53. The van der Waals surface area contributed by atoms with Gasteiger partial charge in [-0.2, -0.15) is 0 Å². The molecule has 2 heterocycles. The van der Waals surface area contributed by atoms with Crippen LogP contribution in [0.2, 0.25) is 0 Å². The summed E-state index contributed by atoms with van der Waals surface area (Å²) < 4.78 is 2.01. The predicted octanol–water partition coefficient (Wildman–Crippen LogP) is 3.43. The smallest absolute Gasteiger partial charge is 0.163 e. The molecule has 0 unspecified atom stereocenters. The molecule has 0 radical (unpaired) electrons. The van der Waals surface area contributed by atoms with Crippen molar-refractivity contribution in [3.8, 4) is 23.1 Å². The van der Waals surface area contributed by atoms with Gasteiger partial charge in [0.05, 0.1) is 0 Å². The van der Waals surface area contributed by atoms with Gasteiger partial charge >= 0.3 is 0 Å². The van der Waals surface area contributed by atoms with E-state index in [0.717, 1.165) is 24.4 Å². The molecular weight excluding hydrogens is 258 g/mol. The molecule has 106 valence electrons. The molecule has 21 heavy (non-hydrogen) atoms. The normalized spacial score (nSPS) is 17.5. The molecule has 0 atom stereocenters. The van der Waals surface area contributed by atoms with Crippen LogP contribution in [0.4, 0.5) is 0 Å². The van der Waals surface area contributed by atoms with E-state index in [2.05, 4.69) is 46.4 Å². The highest BCUT2D eigenvalue weighted by Gasteiger charge is 2.21. The second kappa shape index (κ2) is 5.37. The Morgan fingerprint density at radius 3 is 2.86 bits per heavy atom. The van der Waals surface area contributed by atoms with Gasteiger partial charge in [-0.3, -0.25) is 0 Å². The zero-order valence-corrected chi connectivity index (χ0v) is 12.2. The Morgan fingerprint density at radius 2 is 1.95 bits per heavy atom. The van der Waals surface area contributed by atoms with Crippen LogP contribution in [0.5, 0.6) is 0 Å². The van der Waals surface area contributed by atoms with E-state index in [1.165, 1.54) is 43.2 Å². The van der Waals surface area contributed by atoms with Gasteiger partial charge in [-0.05, 0) is 30.7 Å². The molecule has 0 bridgehead atoms. The lowest BCUT2D eigenvalue weighted by molar-refractivity contribution is 0.430. The summed E-state index contributed by atoms with van der Waals surface area (Å²) in [6.45, 7) is 0.907. The first kappa shape index (κ1) is 12.6. The molecule has 0 spiro atoms. The zero-order valence-electron chi connectivity index (χ0n) is 12.2. The first-order valence-corrected chi connectivity index (χ1v) is 7.95. The Bertz CT molecular complexity index is 712. The predicted molar refractivity (Wildman–Crippen MR) is 82.6 cm³/mol. The topological polar surface area (TPSA) is 30.7 Å². The van der Waals surface area contributed by atoms with Gasteiger partial charge < -0.3 is 0 Å². The van der Waals surface area contributed by atoms with Crippen LogP contribution in [0.3, 0.4) is 0 Å². The van der Waals surface area contributed by atoms with Crippen molar-refractivity contribution in [1.82, 2.24) is 15.0 Å². The van der Waals surface area contributed by atoms with E-state index < -0.39 is 0 Å². The molecule has 1 aromatic carbocycles. The molecule has 0 saturated heterocycles. The summed E-state index contributed by atoms with van der Waals surface area (Å²) >= 11 is 0. The van der Waals surface area contributed by atoms with Gasteiger partial charge in [0.2, 0.25) is 0 Å². The van der Waals surface area contributed by atoms with Crippen molar-refractivity contribution < 1.29 is 0 Å². The Hall–Kier alpha value is -2.08. The number of aryl methyl sites for hydroxylation is 2.